The lowest BCUT2D eigenvalue weighted by Crippen LogP contribution is -2.32. The van der Waals surface area contributed by atoms with E-state index in [2.05, 4.69) is 32.5 Å². The standard InChI is InChI=1S/C16H18FN5/c1-3-6-21-7-8-22(16-18-9-14(17)10-19-16)11-13-5-4-12(2)20-15(13)21/h3-5,9-10H,1,6-8,11H2,2H3. The SMILES string of the molecule is C=CCN1CCN(c2ncc(F)cn2)Cc2ccc(C)nc21. The Hall–Kier alpha value is -2.50. The summed E-state index contributed by atoms with van der Waals surface area (Å²) in [4.78, 5) is 17.1. The van der Waals surface area contributed by atoms with E-state index < -0.39 is 5.82 Å². The predicted molar refractivity (Wildman–Crippen MR) is 84.4 cm³/mol. The summed E-state index contributed by atoms with van der Waals surface area (Å²) in [5, 5.41) is 0. The highest BCUT2D eigenvalue weighted by Gasteiger charge is 2.22. The molecule has 0 radical (unpaired) electrons. The van der Waals surface area contributed by atoms with E-state index in [1.54, 1.807) is 0 Å². The molecule has 1 aliphatic rings. The van der Waals surface area contributed by atoms with Crippen LogP contribution in [0, 0.1) is 12.7 Å². The van der Waals surface area contributed by atoms with Gasteiger partial charge in [-0.05, 0) is 13.0 Å². The van der Waals surface area contributed by atoms with E-state index in [4.69, 9.17) is 0 Å². The van der Waals surface area contributed by atoms with Crippen molar-refractivity contribution in [2.24, 2.45) is 0 Å². The minimum atomic E-state index is -0.426. The molecule has 1 aliphatic heterocycles. The summed E-state index contributed by atoms with van der Waals surface area (Å²) in [5.41, 5.74) is 2.09. The number of anilines is 2. The summed E-state index contributed by atoms with van der Waals surface area (Å²) < 4.78 is 13.0. The molecule has 0 bridgehead atoms. The number of fused-ring (bicyclic) bond motifs is 1. The third-order valence-electron chi connectivity index (χ3n) is 3.63. The van der Waals surface area contributed by atoms with Gasteiger partial charge in [0, 0.05) is 37.4 Å². The van der Waals surface area contributed by atoms with Gasteiger partial charge in [0.1, 0.15) is 5.82 Å². The number of aromatic nitrogens is 3. The fourth-order valence-corrected chi connectivity index (χ4v) is 2.57. The van der Waals surface area contributed by atoms with Gasteiger partial charge in [0.05, 0.1) is 12.4 Å². The molecule has 0 N–H and O–H groups in total. The quantitative estimate of drug-likeness (QED) is 0.814. The fraction of sp³-hybridized carbons (Fsp3) is 0.312. The molecule has 0 aromatic carbocycles. The minimum Gasteiger partial charge on any atom is -0.351 e. The third-order valence-corrected chi connectivity index (χ3v) is 3.63. The molecule has 0 unspecified atom stereocenters. The Bertz CT molecular complexity index is 671. The van der Waals surface area contributed by atoms with Crippen LogP contribution in [0.25, 0.3) is 0 Å². The molecule has 0 spiro atoms. The van der Waals surface area contributed by atoms with Crippen LogP contribution in [0.5, 0.6) is 0 Å². The van der Waals surface area contributed by atoms with E-state index in [1.807, 2.05) is 24.0 Å². The summed E-state index contributed by atoms with van der Waals surface area (Å²) in [7, 11) is 0. The molecule has 22 heavy (non-hydrogen) atoms. The highest BCUT2D eigenvalue weighted by molar-refractivity contribution is 5.52. The Morgan fingerprint density at radius 3 is 2.77 bits per heavy atom. The average Bonchev–Trinajstić information content (AvgIpc) is 2.69. The van der Waals surface area contributed by atoms with E-state index in [0.717, 1.165) is 36.7 Å². The normalized spacial score (nSPS) is 14.5. The highest BCUT2D eigenvalue weighted by Crippen LogP contribution is 2.25. The molecule has 0 fully saturated rings. The Kier molecular flexibility index (Phi) is 4.00. The third kappa shape index (κ3) is 2.90. The van der Waals surface area contributed by atoms with Crippen molar-refractivity contribution in [2.75, 3.05) is 29.4 Å². The maximum Gasteiger partial charge on any atom is 0.225 e. The second kappa shape index (κ2) is 6.09. The van der Waals surface area contributed by atoms with E-state index in [-0.39, 0.29) is 0 Å². The predicted octanol–water partition coefficient (Wildman–Crippen LogP) is 2.33. The number of nitrogens with zero attached hydrogens (tertiary/aromatic N) is 5. The highest BCUT2D eigenvalue weighted by atomic mass is 19.1. The Labute approximate surface area is 129 Å². The maximum atomic E-state index is 13.0. The molecule has 0 saturated heterocycles. The fourth-order valence-electron chi connectivity index (χ4n) is 2.57. The molecule has 0 saturated carbocycles. The number of hydrogen-bond acceptors (Lipinski definition) is 5. The van der Waals surface area contributed by atoms with Gasteiger partial charge in [0.25, 0.3) is 0 Å². The first-order valence-electron chi connectivity index (χ1n) is 7.22. The lowest BCUT2D eigenvalue weighted by Gasteiger charge is -2.22. The molecule has 3 rings (SSSR count). The topological polar surface area (TPSA) is 45.2 Å². The van der Waals surface area contributed by atoms with Gasteiger partial charge in [-0.25, -0.2) is 19.3 Å². The summed E-state index contributed by atoms with van der Waals surface area (Å²) >= 11 is 0. The van der Waals surface area contributed by atoms with Crippen LogP contribution in [0.1, 0.15) is 11.3 Å². The van der Waals surface area contributed by atoms with Crippen LogP contribution >= 0.6 is 0 Å². The number of halogens is 1. The maximum absolute atomic E-state index is 13.0. The lowest BCUT2D eigenvalue weighted by atomic mass is 10.2. The van der Waals surface area contributed by atoms with Gasteiger partial charge < -0.3 is 9.80 Å². The molecule has 6 heteroatoms. The Morgan fingerprint density at radius 1 is 1.27 bits per heavy atom. The van der Waals surface area contributed by atoms with Crippen LogP contribution in [0.4, 0.5) is 16.2 Å². The average molecular weight is 299 g/mol. The van der Waals surface area contributed by atoms with Gasteiger partial charge >= 0.3 is 0 Å². The number of pyridine rings is 1. The first-order valence-corrected chi connectivity index (χ1v) is 7.22. The van der Waals surface area contributed by atoms with E-state index in [0.29, 0.717) is 12.5 Å². The van der Waals surface area contributed by atoms with Gasteiger partial charge in [-0.1, -0.05) is 12.1 Å². The van der Waals surface area contributed by atoms with E-state index >= 15 is 0 Å². The molecule has 2 aromatic heterocycles. The smallest absolute Gasteiger partial charge is 0.225 e. The molecular weight excluding hydrogens is 281 g/mol. The largest absolute Gasteiger partial charge is 0.351 e. The van der Waals surface area contributed by atoms with E-state index in [1.165, 1.54) is 12.4 Å². The van der Waals surface area contributed by atoms with Gasteiger partial charge in [0.2, 0.25) is 5.95 Å². The molecule has 3 heterocycles. The Morgan fingerprint density at radius 2 is 2.05 bits per heavy atom. The summed E-state index contributed by atoms with van der Waals surface area (Å²) in [6, 6.07) is 4.08. The van der Waals surface area contributed by atoms with Crippen molar-refractivity contribution < 1.29 is 4.39 Å². The van der Waals surface area contributed by atoms with E-state index in [9.17, 15) is 4.39 Å². The number of rotatable bonds is 3. The zero-order valence-corrected chi connectivity index (χ0v) is 12.5. The van der Waals surface area contributed by atoms with Crippen LogP contribution in [0.2, 0.25) is 0 Å². The molecule has 0 amide bonds. The van der Waals surface area contributed by atoms with Gasteiger partial charge in [-0.3, -0.25) is 0 Å². The van der Waals surface area contributed by atoms with Crippen molar-refractivity contribution >= 4 is 11.8 Å². The molecule has 2 aromatic rings. The zero-order chi connectivity index (χ0) is 15.5. The van der Waals surface area contributed by atoms with Crippen LogP contribution in [0.3, 0.4) is 0 Å². The summed E-state index contributed by atoms with van der Waals surface area (Å²) in [6.07, 6.45) is 4.27. The summed E-state index contributed by atoms with van der Waals surface area (Å²) in [6.45, 7) is 8.73. The molecule has 0 aliphatic carbocycles. The van der Waals surface area contributed by atoms with Crippen molar-refractivity contribution in [3.8, 4) is 0 Å². The second-order valence-corrected chi connectivity index (χ2v) is 5.29. The number of aryl methyl sites for hydroxylation is 1. The van der Waals surface area contributed by atoms with Crippen LogP contribution in [-0.2, 0) is 6.54 Å². The van der Waals surface area contributed by atoms with Crippen LogP contribution < -0.4 is 9.80 Å². The molecular formula is C16H18FN5. The van der Waals surface area contributed by atoms with Crippen molar-refractivity contribution in [1.29, 1.82) is 0 Å². The minimum absolute atomic E-state index is 0.426. The Balaban J connectivity index is 1.94. The lowest BCUT2D eigenvalue weighted by molar-refractivity contribution is 0.610. The first kappa shape index (κ1) is 14.4. The first-order chi connectivity index (χ1) is 10.7. The summed E-state index contributed by atoms with van der Waals surface area (Å²) in [5.74, 6) is 1.09. The van der Waals surface area contributed by atoms with Crippen molar-refractivity contribution in [3.05, 3.63) is 54.3 Å². The van der Waals surface area contributed by atoms with Crippen LogP contribution in [0.15, 0.2) is 37.2 Å². The van der Waals surface area contributed by atoms with Gasteiger partial charge in [-0.2, -0.15) is 0 Å². The van der Waals surface area contributed by atoms with Crippen molar-refractivity contribution in [3.63, 3.8) is 0 Å². The second-order valence-electron chi connectivity index (χ2n) is 5.29. The monoisotopic (exact) mass is 299 g/mol. The molecule has 5 nitrogen and oxygen atoms in total. The van der Waals surface area contributed by atoms with Crippen molar-refractivity contribution in [1.82, 2.24) is 15.0 Å². The molecule has 114 valence electrons. The van der Waals surface area contributed by atoms with Gasteiger partial charge in [-0.15, -0.1) is 6.58 Å². The zero-order valence-electron chi connectivity index (χ0n) is 12.5. The van der Waals surface area contributed by atoms with Gasteiger partial charge in [0.15, 0.2) is 5.82 Å². The van der Waals surface area contributed by atoms with Crippen molar-refractivity contribution in [2.45, 2.75) is 13.5 Å². The number of hydrogen-bond donors (Lipinski definition) is 0. The van der Waals surface area contributed by atoms with Crippen LogP contribution in [-0.4, -0.2) is 34.6 Å². The molecule has 0 atom stereocenters.